The van der Waals surface area contributed by atoms with Crippen LogP contribution >= 0.6 is 51.3 Å². The Morgan fingerprint density at radius 3 is 2.47 bits per heavy atom. The summed E-state index contributed by atoms with van der Waals surface area (Å²) in [7, 11) is 0. The Kier molecular flexibility index (Phi) is 6.42. The summed E-state index contributed by atoms with van der Waals surface area (Å²) in [6.07, 6.45) is 1.81. The molecule has 2 aromatic heterocycles. The van der Waals surface area contributed by atoms with Crippen LogP contribution in [0.4, 0.5) is 5.69 Å². The molecule has 34 heavy (non-hydrogen) atoms. The first-order valence-corrected chi connectivity index (χ1v) is 12.7. The highest BCUT2D eigenvalue weighted by Crippen LogP contribution is 2.44. The van der Waals surface area contributed by atoms with Crippen LogP contribution in [-0.4, -0.2) is 14.7 Å². The lowest BCUT2D eigenvalue weighted by atomic mass is 9.96. The Balaban J connectivity index is 1.70. The summed E-state index contributed by atoms with van der Waals surface area (Å²) in [4.78, 5) is 6.83. The molecule has 2 atom stereocenters. The van der Waals surface area contributed by atoms with Crippen LogP contribution in [0.15, 0.2) is 77.4 Å². The van der Waals surface area contributed by atoms with Gasteiger partial charge in [-0.15, -0.1) is 0 Å². The Morgan fingerprint density at radius 1 is 1.00 bits per heavy atom. The van der Waals surface area contributed by atoms with E-state index < -0.39 is 0 Å². The Labute approximate surface area is 222 Å². The molecule has 0 radical (unpaired) electrons. The molecule has 172 valence electrons. The third-order valence-corrected chi connectivity index (χ3v) is 7.82. The molecule has 0 unspecified atom stereocenters. The smallest absolute Gasteiger partial charge is 0.174 e. The molecule has 1 aliphatic rings. The van der Waals surface area contributed by atoms with E-state index in [4.69, 9.17) is 35.4 Å². The van der Waals surface area contributed by atoms with Crippen LogP contribution in [-0.2, 0) is 0 Å². The van der Waals surface area contributed by atoms with Crippen molar-refractivity contribution in [1.29, 1.82) is 0 Å². The van der Waals surface area contributed by atoms with E-state index in [1.807, 2.05) is 48.7 Å². The van der Waals surface area contributed by atoms with Gasteiger partial charge in [-0.25, -0.2) is 0 Å². The number of thiocarbonyl (C=S) groups is 1. The van der Waals surface area contributed by atoms with Gasteiger partial charge in [-0.2, -0.15) is 0 Å². The fourth-order valence-corrected chi connectivity index (χ4v) is 5.66. The third kappa shape index (κ3) is 4.03. The molecular weight excluding hydrogens is 551 g/mol. The molecule has 0 amide bonds. The van der Waals surface area contributed by atoms with E-state index in [0.29, 0.717) is 15.2 Å². The van der Waals surface area contributed by atoms with E-state index in [-0.39, 0.29) is 12.1 Å². The van der Waals surface area contributed by atoms with Gasteiger partial charge in [0.05, 0.1) is 33.5 Å². The summed E-state index contributed by atoms with van der Waals surface area (Å²) in [6, 6.07) is 21.8. The lowest BCUT2D eigenvalue weighted by Gasteiger charge is -2.28. The van der Waals surface area contributed by atoms with Crippen LogP contribution < -0.4 is 10.2 Å². The molecule has 1 N–H and O–H groups in total. The van der Waals surface area contributed by atoms with E-state index in [1.54, 1.807) is 6.07 Å². The molecule has 5 rings (SSSR count). The zero-order chi connectivity index (χ0) is 24.0. The second kappa shape index (κ2) is 9.34. The number of nitrogens with zero attached hydrogens (tertiary/aromatic N) is 3. The van der Waals surface area contributed by atoms with E-state index in [9.17, 15) is 0 Å². The maximum Gasteiger partial charge on any atom is 0.174 e. The van der Waals surface area contributed by atoms with Gasteiger partial charge in [0.2, 0.25) is 0 Å². The van der Waals surface area contributed by atoms with Crippen molar-refractivity contribution in [2.75, 3.05) is 4.90 Å². The lowest BCUT2D eigenvalue weighted by molar-refractivity contribution is 0.565. The van der Waals surface area contributed by atoms with Gasteiger partial charge in [0, 0.05) is 27.7 Å². The third-order valence-electron chi connectivity index (χ3n) is 6.16. The van der Waals surface area contributed by atoms with Gasteiger partial charge >= 0.3 is 0 Å². The standard InChI is InChI=1S/C26H21BrCl2N4S/c1-15-14-19(16(2)32(15)22-8-5-6-20(28)23(22)29)25-24(21-7-3-4-13-30-21)31-26(34)33(25)18-11-9-17(27)10-12-18/h3-14,24-25H,1-2H3,(H,31,34)/t24-,25-/m1/s1. The number of pyridine rings is 1. The van der Waals surface area contributed by atoms with Gasteiger partial charge in [0.15, 0.2) is 5.11 Å². The number of anilines is 1. The van der Waals surface area contributed by atoms with Gasteiger partial charge in [0.25, 0.3) is 0 Å². The van der Waals surface area contributed by atoms with Crippen LogP contribution in [0, 0.1) is 13.8 Å². The number of aromatic nitrogens is 2. The van der Waals surface area contributed by atoms with Gasteiger partial charge in [-0.3, -0.25) is 4.98 Å². The molecule has 1 aliphatic heterocycles. The minimum atomic E-state index is -0.124. The Hall–Kier alpha value is -2.38. The fourth-order valence-electron chi connectivity index (χ4n) is 4.67. The first kappa shape index (κ1) is 23.4. The Morgan fingerprint density at radius 2 is 1.76 bits per heavy atom. The summed E-state index contributed by atoms with van der Waals surface area (Å²) < 4.78 is 3.17. The predicted molar refractivity (Wildman–Crippen MR) is 147 cm³/mol. The number of nitrogens with one attached hydrogen (secondary N) is 1. The summed E-state index contributed by atoms with van der Waals surface area (Å²) in [5, 5.41) is 5.24. The molecule has 0 spiro atoms. The average Bonchev–Trinajstić information content (AvgIpc) is 3.32. The van der Waals surface area contributed by atoms with Gasteiger partial charge in [-0.05, 0) is 86.2 Å². The summed E-state index contributed by atoms with van der Waals surface area (Å²) >= 11 is 22.4. The quantitative estimate of drug-likeness (QED) is 0.254. The number of aryl methyl sites for hydroxylation is 1. The van der Waals surface area contributed by atoms with Crippen LogP contribution in [0.25, 0.3) is 5.69 Å². The van der Waals surface area contributed by atoms with Crippen LogP contribution in [0.5, 0.6) is 0 Å². The summed E-state index contributed by atoms with van der Waals surface area (Å²) in [6.45, 7) is 4.18. The highest BCUT2D eigenvalue weighted by atomic mass is 79.9. The molecule has 8 heteroatoms. The van der Waals surface area contributed by atoms with Crippen LogP contribution in [0.3, 0.4) is 0 Å². The first-order valence-electron chi connectivity index (χ1n) is 10.8. The van der Waals surface area contributed by atoms with E-state index in [0.717, 1.165) is 38.5 Å². The predicted octanol–water partition coefficient (Wildman–Crippen LogP) is 7.74. The molecular formula is C26H21BrCl2N4S. The summed E-state index contributed by atoms with van der Waals surface area (Å²) in [5.74, 6) is 0. The maximum atomic E-state index is 6.62. The van der Waals surface area contributed by atoms with Gasteiger partial charge in [-0.1, -0.05) is 51.3 Å². The number of benzene rings is 2. The van der Waals surface area contributed by atoms with E-state index >= 15 is 0 Å². The zero-order valence-corrected chi connectivity index (χ0v) is 22.4. The molecule has 0 saturated carbocycles. The van der Waals surface area contributed by atoms with Crippen molar-refractivity contribution in [3.63, 3.8) is 0 Å². The largest absolute Gasteiger partial charge is 0.351 e. The van der Waals surface area contributed by atoms with Crippen LogP contribution in [0.2, 0.25) is 10.0 Å². The maximum absolute atomic E-state index is 6.62. The second-order valence-electron chi connectivity index (χ2n) is 8.21. The molecule has 1 saturated heterocycles. The minimum absolute atomic E-state index is 0.110. The monoisotopic (exact) mass is 570 g/mol. The first-order chi connectivity index (χ1) is 16.4. The molecule has 3 heterocycles. The molecule has 1 fully saturated rings. The second-order valence-corrected chi connectivity index (χ2v) is 10.3. The molecule has 0 bridgehead atoms. The number of hydrogen-bond donors (Lipinski definition) is 1. The van der Waals surface area contributed by atoms with Crippen molar-refractivity contribution >= 4 is 62.1 Å². The highest BCUT2D eigenvalue weighted by Gasteiger charge is 2.42. The summed E-state index contributed by atoms with van der Waals surface area (Å²) in [5.41, 5.74) is 6.06. The lowest BCUT2D eigenvalue weighted by Crippen LogP contribution is -2.29. The number of rotatable bonds is 4. The van der Waals surface area contributed by atoms with Crippen molar-refractivity contribution < 1.29 is 0 Å². The van der Waals surface area contributed by atoms with E-state index in [1.165, 1.54) is 0 Å². The molecule has 4 aromatic rings. The molecule has 0 aliphatic carbocycles. The highest BCUT2D eigenvalue weighted by molar-refractivity contribution is 9.10. The van der Waals surface area contributed by atoms with Crippen LogP contribution in [0.1, 0.15) is 34.7 Å². The van der Waals surface area contributed by atoms with Gasteiger partial charge < -0.3 is 14.8 Å². The van der Waals surface area contributed by atoms with Crippen molar-refractivity contribution in [2.45, 2.75) is 25.9 Å². The van der Waals surface area contributed by atoms with Gasteiger partial charge in [0.1, 0.15) is 0 Å². The normalized spacial score (nSPS) is 17.8. The van der Waals surface area contributed by atoms with Crippen molar-refractivity contribution in [3.05, 3.63) is 110 Å². The minimum Gasteiger partial charge on any atom is -0.351 e. The topological polar surface area (TPSA) is 33.1 Å². The SMILES string of the molecule is Cc1cc([C@@H]2[C@@H](c3ccccn3)NC(=S)N2c2ccc(Br)cc2)c(C)n1-c1cccc(Cl)c1Cl. The van der Waals surface area contributed by atoms with E-state index in [2.05, 4.69) is 67.7 Å². The molecule has 2 aromatic carbocycles. The van der Waals surface area contributed by atoms with Crippen molar-refractivity contribution in [2.24, 2.45) is 0 Å². The average molecular weight is 572 g/mol. The molecule has 4 nitrogen and oxygen atoms in total. The Bertz CT molecular complexity index is 1370. The van der Waals surface area contributed by atoms with Crippen molar-refractivity contribution in [3.8, 4) is 5.69 Å². The number of halogens is 3. The zero-order valence-electron chi connectivity index (χ0n) is 18.5. The number of hydrogen-bond acceptors (Lipinski definition) is 2. The fraction of sp³-hybridized carbons (Fsp3) is 0.154. The van der Waals surface area contributed by atoms with Crippen molar-refractivity contribution in [1.82, 2.24) is 14.9 Å².